The highest BCUT2D eigenvalue weighted by Gasteiger charge is 2.12. The molecule has 2 atom stereocenters. The van der Waals surface area contributed by atoms with Gasteiger partial charge in [0.05, 0.1) is 6.61 Å². The zero-order valence-electron chi connectivity index (χ0n) is 10.8. The second-order valence-electron chi connectivity index (χ2n) is 4.14. The molecule has 1 heterocycles. The van der Waals surface area contributed by atoms with E-state index in [0.717, 1.165) is 17.0 Å². The Morgan fingerprint density at radius 2 is 2.12 bits per heavy atom. The predicted octanol–water partition coefficient (Wildman–Crippen LogP) is 3.02. The number of nitrogens with one attached hydrogen (secondary N) is 1. The molecule has 0 radical (unpaired) electrons. The van der Waals surface area contributed by atoms with E-state index < -0.39 is 0 Å². The monoisotopic (exact) mass is 301 g/mol. The van der Waals surface area contributed by atoms with E-state index in [1.807, 2.05) is 19.9 Å². The molecule has 0 aromatic carbocycles. The molecular weight excluding hydrogens is 282 g/mol. The van der Waals surface area contributed by atoms with Gasteiger partial charge in [0.25, 0.3) is 0 Å². The van der Waals surface area contributed by atoms with E-state index in [-0.39, 0.29) is 0 Å². The number of alkyl halides is 1. The summed E-state index contributed by atoms with van der Waals surface area (Å²) in [6, 6.07) is 2.19. The molecule has 0 aliphatic heterocycles. The second-order valence-corrected chi connectivity index (χ2v) is 4.78. The van der Waals surface area contributed by atoms with Gasteiger partial charge in [-0.15, -0.1) is 0 Å². The van der Waals surface area contributed by atoms with Crippen LogP contribution >= 0.6 is 15.9 Å². The minimum Gasteiger partial charge on any atom is -0.478 e. The Morgan fingerprint density at radius 3 is 2.71 bits per heavy atom. The Bertz CT molecular complexity index is 360. The lowest BCUT2D eigenvalue weighted by molar-refractivity contribution is 0.325. The highest BCUT2D eigenvalue weighted by molar-refractivity contribution is 9.09. The molecule has 1 rings (SSSR count). The number of hydrogen-bond donors (Lipinski definition) is 1. The molecule has 0 saturated heterocycles. The van der Waals surface area contributed by atoms with Crippen molar-refractivity contribution in [2.24, 2.45) is 5.92 Å². The lowest BCUT2D eigenvalue weighted by Crippen LogP contribution is -2.25. The van der Waals surface area contributed by atoms with Crippen molar-refractivity contribution in [3.63, 3.8) is 0 Å². The molecule has 4 nitrogen and oxygen atoms in total. The molecule has 0 aliphatic carbocycles. The van der Waals surface area contributed by atoms with Crippen LogP contribution in [0, 0.1) is 12.8 Å². The molecular formula is C12H20BrN3O. The molecule has 96 valence electrons. The van der Waals surface area contributed by atoms with E-state index in [9.17, 15) is 0 Å². The Kier molecular flexibility index (Phi) is 5.68. The van der Waals surface area contributed by atoms with Crippen molar-refractivity contribution in [1.29, 1.82) is 0 Å². The van der Waals surface area contributed by atoms with Gasteiger partial charge in [-0.1, -0.05) is 22.9 Å². The normalized spacial score (nSPS) is 14.2. The number of ether oxygens (including phenoxy) is 1. The average molecular weight is 302 g/mol. The molecule has 5 heteroatoms. The first-order valence-corrected chi connectivity index (χ1v) is 7.00. The molecule has 0 bridgehead atoms. The number of hydrogen-bond acceptors (Lipinski definition) is 4. The molecule has 1 aromatic rings. The zero-order valence-corrected chi connectivity index (χ0v) is 12.4. The van der Waals surface area contributed by atoms with E-state index in [2.05, 4.69) is 45.1 Å². The fourth-order valence-corrected chi connectivity index (χ4v) is 1.91. The van der Waals surface area contributed by atoms with Crippen molar-refractivity contribution < 1.29 is 4.74 Å². The Labute approximate surface area is 111 Å². The summed E-state index contributed by atoms with van der Waals surface area (Å²) in [7, 11) is 0. The predicted molar refractivity (Wildman–Crippen MR) is 74.0 cm³/mol. The van der Waals surface area contributed by atoms with E-state index in [0.29, 0.717) is 24.4 Å². The van der Waals surface area contributed by atoms with Gasteiger partial charge in [0.15, 0.2) is 0 Å². The van der Waals surface area contributed by atoms with Gasteiger partial charge in [-0.2, -0.15) is 4.98 Å². The third-order valence-corrected chi connectivity index (χ3v) is 3.60. The average Bonchev–Trinajstić information content (AvgIpc) is 2.27. The molecule has 0 spiro atoms. The summed E-state index contributed by atoms with van der Waals surface area (Å²) in [6.07, 6.45) is 0. The molecule has 0 fully saturated rings. The quantitative estimate of drug-likeness (QED) is 0.821. The van der Waals surface area contributed by atoms with Crippen LogP contribution in [-0.4, -0.2) is 27.9 Å². The van der Waals surface area contributed by atoms with Crippen molar-refractivity contribution in [3.8, 4) is 5.88 Å². The lowest BCUT2D eigenvalue weighted by atomic mass is 10.1. The first-order valence-electron chi connectivity index (χ1n) is 5.87. The first kappa shape index (κ1) is 14.2. The molecule has 17 heavy (non-hydrogen) atoms. The van der Waals surface area contributed by atoms with Crippen molar-refractivity contribution >= 4 is 21.7 Å². The van der Waals surface area contributed by atoms with Crippen LogP contribution in [0.25, 0.3) is 0 Å². The number of aromatic nitrogens is 2. The summed E-state index contributed by atoms with van der Waals surface area (Å²) in [4.78, 5) is 8.57. The van der Waals surface area contributed by atoms with E-state index in [4.69, 9.17) is 4.74 Å². The summed E-state index contributed by atoms with van der Waals surface area (Å²) >= 11 is 3.49. The maximum atomic E-state index is 5.40. The minimum absolute atomic E-state index is 0.346. The number of anilines is 1. The molecule has 0 amide bonds. The summed E-state index contributed by atoms with van der Waals surface area (Å²) in [5.41, 5.74) is 0. The van der Waals surface area contributed by atoms with Gasteiger partial charge in [0, 0.05) is 17.4 Å². The van der Waals surface area contributed by atoms with Crippen LogP contribution in [-0.2, 0) is 0 Å². The summed E-state index contributed by atoms with van der Waals surface area (Å²) in [5, 5.41) is 4.33. The fourth-order valence-electron chi connectivity index (χ4n) is 1.35. The third-order valence-electron chi connectivity index (χ3n) is 2.58. The molecule has 0 saturated carbocycles. The van der Waals surface area contributed by atoms with Crippen molar-refractivity contribution in [1.82, 2.24) is 9.97 Å². The van der Waals surface area contributed by atoms with Crippen molar-refractivity contribution in [2.45, 2.75) is 33.7 Å². The van der Waals surface area contributed by atoms with E-state index >= 15 is 0 Å². The van der Waals surface area contributed by atoms with Crippen LogP contribution in [0.2, 0.25) is 0 Å². The van der Waals surface area contributed by atoms with Crippen LogP contribution in [0.4, 0.5) is 5.82 Å². The largest absolute Gasteiger partial charge is 0.478 e. The maximum absolute atomic E-state index is 5.40. The molecule has 1 aromatic heterocycles. The summed E-state index contributed by atoms with van der Waals surface area (Å²) in [5.74, 6) is 2.69. The van der Waals surface area contributed by atoms with Gasteiger partial charge in [0.1, 0.15) is 11.6 Å². The first-order chi connectivity index (χ1) is 8.06. The summed E-state index contributed by atoms with van der Waals surface area (Å²) < 4.78 is 5.40. The van der Waals surface area contributed by atoms with E-state index in [1.54, 1.807) is 0 Å². The van der Waals surface area contributed by atoms with Crippen LogP contribution < -0.4 is 10.1 Å². The number of nitrogens with zero attached hydrogens (tertiary/aromatic N) is 2. The Hall–Kier alpha value is -0.840. The van der Waals surface area contributed by atoms with Crippen LogP contribution in [0.1, 0.15) is 26.6 Å². The standard InChI is InChI=1S/C12H20BrN3O/c1-5-17-12-6-11(15-10(4)16-12)14-9(3)8(2)7-13/h6,8-9H,5,7H2,1-4H3,(H,14,15,16). The molecule has 2 unspecified atom stereocenters. The SMILES string of the molecule is CCOc1cc(NC(C)C(C)CBr)nc(C)n1. The van der Waals surface area contributed by atoms with Crippen LogP contribution in [0.3, 0.4) is 0 Å². The molecule has 1 N–H and O–H groups in total. The van der Waals surface area contributed by atoms with Crippen LogP contribution in [0.15, 0.2) is 6.07 Å². The topological polar surface area (TPSA) is 47.0 Å². The lowest BCUT2D eigenvalue weighted by Gasteiger charge is -2.20. The van der Waals surface area contributed by atoms with Crippen molar-refractivity contribution in [3.05, 3.63) is 11.9 Å². The van der Waals surface area contributed by atoms with Crippen molar-refractivity contribution in [2.75, 3.05) is 17.3 Å². The minimum atomic E-state index is 0.346. The van der Waals surface area contributed by atoms with Crippen LogP contribution in [0.5, 0.6) is 5.88 Å². The zero-order chi connectivity index (χ0) is 12.8. The highest BCUT2D eigenvalue weighted by atomic mass is 79.9. The Balaban J connectivity index is 2.76. The smallest absolute Gasteiger partial charge is 0.218 e. The third kappa shape index (κ3) is 4.50. The fraction of sp³-hybridized carbons (Fsp3) is 0.667. The van der Waals surface area contributed by atoms with Gasteiger partial charge < -0.3 is 10.1 Å². The summed E-state index contributed by atoms with van der Waals surface area (Å²) in [6.45, 7) is 8.75. The Morgan fingerprint density at radius 1 is 1.41 bits per heavy atom. The second kappa shape index (κ2) is 6.79. The van der Waals surface area contributed by atoms with Gasteiger partial charge in [-0.3, -0.25) is 0 Å². The number of halogens is 1. The maximum Gasteiger partial charge on any atom is 0.218 e. The highest BCUT2D eigenvalue weighted by Crippen LogP contribution is 2.17. The molecule has 0 aliphatic rings. The number of aryl methyl sites for hydroxylation is 1. The van der Waals surface area contributed by atoms with E-state index in [1.165, 1.54) is 0 Å². The van der Waals surface area contributed by atoms with Gasteiger partial charge in [-0.05, 0) is 26.7 Å². The van der Waals surface area contributed by atoms with Gasteiger partial charge in [0.2, 0.25) is 5.88 Å². The number of rotatable bonds is 6. The van der Waals surface area contributed by atoms with Gasteiger partial charge >= 0.3 is 0 Å². The van der Waals surface area contributed by atoms with Gasteiger partial charge in [-0.25, -0.2) is 4.98 Å².